The number of imidazole rings is 1. The molecule has 0 radical (unpaired) electrons. The Bertz CT molecular complexity index is 1400. The Balaban J connectivity index is 1.54. The van der Waals surface area contributed by atoms with Gasteiger partial charge >= 0.3 is 5.97 Å². The number of ether oxygens (including phenoxy) is 1. The summed E-state index contributed by atoms with van der Waals surface area (Å²) in [6.45, 7) is 2.69. The zero-order chi connectivity index (χ0) is 25.2. The number of halogens is 2. The highest BCUT2D eigenvalue weighted by molar-refractivity contribution is 9.10. The molecule has 0 aliphatic heterocycles. The second-order valence-electron chi connectivity index (χ2n) is 9.41. The highest BCUT2D eigenvalue weighted by Crippen LogP contribution is 2.39. The van der Waals surface area contributed by atoms with Crippen LogP contribution in [0.4, 0.5) is 4.39 Å². The second-order valence-corrected chi connectivity index (χ2v) is 10.3. The van der Waals surface area contributed by atoms with E-state index in [2.05, 4.69) is 20.9 Å². The zero-order valence-corrected chi connectivity index (χ0v) is 21.5. The Labute approximate surface area is 217 Å². The van der Waals surface area contributed by atoms with E-state index in [0.717, 1.165) is 52.9 Å². The molecule has 8 heteroatoms. The standard InChI is InChI=1S/C28H27BrFN3O3/c1-17-6-8-19(31-14-17)16-36-20-9-11-25-26(13-20)33(15-18-7-10-23(29)24(30)12-18)27(32-25)21-4-2-3-5-22(21)28(34)35/h6-14,21-22H,2-5,15-16H2,1H3,(H,34,35)/t21-,22?/m0/s1. The van der Waals surface area contributed by atoms with Gasteiger partial charge in [-0.1, -0.05) is 25.0 Å². The molecule has 2 aromatic carbocycles. The minimum atomic E-state index is -0.789. The lowest BCUT2D eigenvalue weighted by atomic mass is 9.78. The fourth-order valence-electron chi connectivity index (χ4n) is 4.96. The Kier molecular flexibility index (Phi) is 7.05. The monoisotopic (exact) mass is 551 g/mol. The van der Waals surface area contributed by atoms with Crippen molar-refractivity contribution in [3.8, 4) is 5.75 Å². The smallest absolute Gasteiger partial charge is 0.307 e. The van der Waals surface area contributed by atoms with Gasteiger partial charge in [-0.25, -0.2) is 9.37 Å². The number of hydrogen-bond acceptors (Lipinski definition) is 4. The molecule has 2 atom stereocenters. The van der Waals surface area contributed by atoms with Crippen LogP contribution in [0.15, 0.2) is 59.2 Å². The average molecular weight is 552 g/mol. The van der Waals surface area contributed by atoms with Gasteiger partial charge < -0.3 is 14.4 Å². The van der Waals surface area contributed by atoms with E-state index in [0.29, 0.717) is 29.8 Å². The highest BCUT2D eigenvalue weighted by Gasteiger charge is 2.35. The normalized spacial score (nSPS) is 17.9. The average Bonchev–Trinajstić information content (AvgIpc) is 3.23. The molecule has 6 nitrogen and oxygen atoms in total. The largest absolute Gasteiger partial charge is 0.487 e. The van der Waals surface area contributed by atoms with Crippen LogP contribution >= 0.6 is 15.9 Å². The third kappa shape index (κ3) is 5.14. The van der Waals surface area contributed by atoms with E-state index in [1.165, 1.54) is 6.07 Å². The maximum absolute atomic E-state index is 14.3. The quantitative estimate of drug-likeness (QED) is 0.279. The van der Waals surface area contributed by atoms with E-state index in [1.54, 1.807) is 6.07 Å². The van der Waals surface area contributed by atoms with Crippen molar-refractivity contribution in [2.45, 2.75) is 51.7 Å². The van der Waals surface area contributed by atoms with E-state index in [-0.39, 0.29) is 11.7 Å². The van der Waals surface area contributed by atoms with Gasteiger partial charge in [0.25, 0.3) is 0 Å². The van der Waals surface area contributed by atoms with Gasteiger partial charge in [-0.15, -0.1) is 0 Å². The molecule has 0 saturated heterocycles. The van der Waals surface area contributed by atoms with Crippen LogP contribution in [0.2, 0.25) is 0 Å². The first-order valence-corrected chi connectivity index (χ1v) is 12.9. The molecule has 1 aliphatic carbocycles. The maximum atomic E-state index is 14.3. The molecule has 2 heterocycles. The van der Waals surface area contributed by atoms with E-state index in [9.17, 15) is 14.3 Å². The van der Waals surface area contributed by atoms with Crippen molar-refractivity contribution in [3.05, 3.63) is 87.7 Å². The summed E-state index contributed by atoms with van der Waals surface area (Å²) in [6.07, 6.45) is 5.06. The lowest BCUT2D eigenvalue weighted by Crippen LogP contribution is -2.27. The molecule has 0 bridgehead atoms. The van der Waals surface area contributed by atoms with Crippen molar-refractivity contribution in [2.75, 3.05) is 0 Å². The summed E-state index contributed by atoms with van der Waals surface area (Å²) in [5, 5.41) is 9.91. The third-order valence-corrected chi connectivity index (χ3v) is 7.49. The van der Waals surface area contributed by atoms with Gasteiger partial charge in [0.2, 0.25) is 0 Å². The summed E-state index contributed by atoms with van der Waals surface area (Å²) < 4.78 is 22.8. The fraction of sp³-hybridized carbons (Fsp3) is 0.321. The number of fused-ring (bicyclic) bond motifs is 1. The molecular formula is C28H27BrFN3O3. The SMILES string of the molecule is Cc1ccc(COc2ccc3nc([C@H]4CCCCC4C(=O)O)n(Cc4ccc(Br)c(F)c4)c3c2)nc1. The van der Waals surface area contributed by atoms with Crippen molar-refractivity contribution >= 4 is 32.9 Å². The van der Waals surface area contributed by atoms with Crippen LogP contribution in [-0.4, -0.2) is 25.6 Å². The summed E-state index contributed by atoms with van der Waals surface area (Å²) in [4.78, 5) is 21.4. The van der Waals surface area contributed by atoms with E-state index < -0.39 is 11.9 Å². The topological polar surface area (TPSA) is 77.2 Å². The minimum Gasteiger partial charge on any atom is -0.487 e. The van der Waals surface area contributed by atoms with Crippen LogP contribution in [0, 0.1) is 18.7 Å². The van der Waals surface area contributed by atoms with Crippen molar-refractivity contribution in [1.29, 1.82) is 0 Å². The lowest BCUT2D eigenvalue weighted by Gasteiger charge is -2.28. The molecule has 1 N–H and O–H groups in total. The number of benzene rings is 2. The number of carboxylic acid groups (broad SMARTS) is 1. The van der Waals surface area contributed by atoms with Gasteiger partial charge in [-0.2, -0.15) is 0 Å². The van der Waals surface area contributed by atoms with E-state index in [4.69, 9.17) is 9.72 Å². The zero-order valence-electron chi connectivity index (χ0n) is 20.0. The van der Waals surface area contributed by atoms with E-state index in [1.807, 2.05) is 54.1 Å². The molecule has 1 fully saturated rings. The second kappa shape index (κ2) is 10.4. The van der Waals surface area contributed by atoms with Crippen molar-refractivity contribution in [2.24, 2.45) is 5.92 Å². The number of nitrogens with zero attached hydrogens (tertiary/aromatic N) is 3. The van der Waals surface area contributed by atoms with Gasteiger partial charge in [0, 0.05) is 24.7 Å². The van der Waals surface area contributed by atoms with Gasteiger partial charge in [0.15, 0.2) is 0 Å². The van der Waals surface area contributed by atoms with Gasteiger partial charge in [0.1, 0.15) is 24.0 Å². The first kappa shape index (κ1) is 24.4. The number of carboxylic acids is 1. The molecule has 1 saturated carbocycles. The highest BCUT2D eigenvalue weighted by atomic mass is 79.9. The predicted molar refractivity (Wildman–Crippen MR) is 139 cm³/mol. The number of hydrogen-bond donors (Lipinski definition) is 1. The fourth-order valence-corrected chi connectivity index (χ4v) is 5.20. The van der Waals surface area contributed by atoms with Crippen LogP contribution in [-0.2, 0) is 17.9 Å². The number of aryl methyl sites for hydroxylation is 1. The summed E-state index contributed by atoms with van der Waals surface area (Å²) in [6, 6.07) is 14.7. The van der Waals surface area contributed by atoms with E-state index >= 15 is 0 Å². The van der Waals surface area contributed by atoms with Crippen LogP contribution in [0.1, 0.15) is 54.2 Å². The van der Waals surface area contributed by atoms with Crippen molar-refractivity contribution in [1.82, 2.24) is 14.5 Å². The van der Waals surface area contributed by atoms with Gasteiger partial charge in [-0.05, 0) is 77.2 Å². The number of pyridine rings is 1. The van der Waals surface area contributed by atoms with Crippen molar-refractivity contribution in [3.63, 3.8) is 0 Å². The maximum Gasteiger partial charge on any atom is 0.307 e. The molecule has 186 valence electrons. The summed E-state index contributed by atoms with van der Waals surface area (Å²) in [7, 11) is 0. The Morgan fingerprint density at radius 1 is 1.17 bits per heavy atom. The molecule has 36 heavy (non-hydrogen) atoms. The Hall–Kier alpha value is -3.26. The van der Waals surface area contributed by atoms with Gasteiger partial charge in [0.05, 0.1) is 27.1 Å². The van der Waals surface area contributed by atoms with Crippen LogP contribution in [0.3, 0.4) is 0 Å². The molecule has 4 aromatic rings. The lowest BCUT2D eigenvalue weighted by molar-refractivity contribution is -0.143. The third-order valence-electron chi connectivity index (χ3n) is 6.85. The number of aromatic nitrogens is 3. The van der Waals surface area contributed by atoms with Gasteiger partial charge in [-0.3, -0.25) is 9.78 Å². The molecule has 0 amide bonds. The van der Waals surface area contributed by atoms with Crippen LogP contribution in [0.5, 0.6) is 5.75 Å². The molecule has 1 aliphatic rings. The molecule has 2 aromatic heterocycles. The summed E-state index contributed by atoms with van der Waals surface area (Å²) >= 11 is 3.22. The first-order valence-electron chi connectivity index (χ1n) is 12.1. The number of rotatable bonds is 7. The summed E-state index contributed by atoms with van der Waals surface area (Å²) in [5.74, 6) is -0.420. The Morgan fingerprint density at radius 2 is 2.00 bits per heavy atom. The molecular weight excluding hydrogens is 525 g/mol. The molecule has 0 spiro atoms. The van der Waals surface area contributed by atoms with Crippen LogP contribution in [0.25, 0.3) is 11.0 Å². The van der Waals surface area contributed by atoms with Crippen molar-refractivity contribution < 1.29 is 19.0 Å². The number of carbonyl (C=O) groups is 1. The molecule has 5 rings (SSSR count). The minimum absolute atomic E-state index is 0.204. The molecule has 1 unspecified atom stereocenters. The summed E-state index contributed by atoms with van der Waals surface area (Å²) in [5.41, 5.74) is 4.28. The Morgan fingerprint density at radius 3 is 2.75 bits per heavy atom. The van der Waals surface area contributed by atoms with Crippen LogP contribution < -0.4 is 4.74 Å². The first-order chi connectivity index (χ1) is 17.4. The number of aliphatic carboxylic acids is 1. The predicted octanol–water partition coefficient (Wildman–Crippen LogP) is 6.63.